The van der Waals surface area contributed by atoms with Crippen LogP contribution in [0.3, 0.4) is 0 Å². The van der Waals surface area contributed by atoms with Gasteiger partial charge in [-0.05, 0) is 37.2 Å². The molecule has 5 heteroatoms. The quantitative estimate of drug-likeness (QED) is 0.922. The Balaban J connectivity index is 1.86. The largest absolute Gasteiger partial charge is 0.381 e. The zero-order valence-corrected chi connectivity index (χ0v) is 15.7. The predicted octanol–water partition coefficient (Wildman–Crippen LogP) is 3.63. The molecule has 5 nitrogen and oxygen atoms in total. The van der Waals surface area contributed by atoms with Gasteiger partial charge in [0.25, 0.3) is 5.91 Å². The van der Waals surface area contributed by atoms with Crippen molar-refractivity contribution >= 4 is 16.8 Å². The molecule has 0 spiro atoms. The first-order chi connectivity index (χ1) is 11.9. The Kier molecular flexibility index (Phi) is 5.13. The molecule has 1 amide bonds. The molecular weight excluding hydrogens is 314 g/mol. The van der Waals surface area contributed by atoms with Crippen molar-refractivity contribution in [3.8, 4) is 0 Å². The number of hydrogen-bond acceptors (Lipinski definition) is 3. The standard InChI is InChI=1S/C20H29N3O2/c1-14(20(2,3)4)21-19(24)18-16-7-5-6-8-17(16)23(22-18)13-15-9-11-25-12-10-15/h5-8,14-15H,9-13H2,1-4H3,(H,21,24). The van der Waals surface area contributed by atoms with E-state index < -0.39 is 0 Å². The summed E-state index contributed by atoms with van der Waals surface area (Å²) in [5.74, 6) is 0.464. The van der Waals surface area contributed by atoms with E-state index in [-0.39, 0.29) is 17.4 Å². The van der Waals surface area contributed by atoms with Crippen LogP contribution in [-0.2, 0) is 11.3 Å². The van der Waals surface area contributed by atoms with Gasteiger partial charge in [-0.2, -0.15) is 5.10 Å². The van der Waals surface area contributed by atoms with Crippen molar-refractivity contribution in [3.05, 3.63) is 30.0 Å². The second-order valence-electron chi connectivity index (χ2n) is 8.16. The molecule has 1 aromatic heterocycles. The van der Waals surface area contributed by atoms with Crippen LogP contribution in [-0.4, -0.2) is 34.9 Å². The number of amides is 1. The number of carbonyl (C=O) groups is 1. The zero-order valence-electron chi connectivity index (χ0n) is 15.7. The average molecular weight is 343 g/mol. The third-order valence-corrected chi connectivity index (χ3v) is 5.29. The number of aromatic nitrogens is 2. The summed E-state index contributed by atoms with van der Waals surface area (Å²) in [6.07, 6.45) is 2.10. The smallest absolute Gasteiger partial charge is 0.272 e. The molecule has 1 N–H and O–H groups in total. The van der Waals surface area contributed by atoms with Crippen LogP contribution in [0.4, 0.5) is 0 Å². The number of fused-ring (bicyclic) bond motifs is 1. The van der Waals surface area contributed by atoms with Crippen LogP contribution < -0.4 is 5.32 Å². The number of ether oxygens (including phenoxy) is 1. The third-order valence-electron chi connectivity index (χ3n) is 5.29. The van der Waals surface area contributed by atoms with Gasteiger partial charge in [0.1, 0.15) is 0 Å². The molecular formula is C20H29N3O2. The van der Waals surface area contributed by atoms with Gasteiger partial charge in [-0.25, -0.2) is 0 Å². The van der Waals surface area contributed by atoms with Crippen molar-refractivity contribution in [2.24, 2.45) is 11.3 Å². The number of nitrogens with one attached hydrogen (secondary N) is 1. The number of nitrogens with zero attached hydrogens (tertiary/aromatic N) is 2. The Labute approximate surface area is 149 Å². The van der Waals surface area contributed by atoms with Crippen molar-refractivity contribution < 1.29 is 9.53 Å². The maximum atomic E-state index is 12.8. The van der Waals surface area contributed by atoms with Gasteiger partial charge >= 0.3 is 0 Å². The Morgan fingerprint density at radius 1 is 1.32 bits per heavy atom. The average Bonchev–Trinajstić information content (AvgIpc) is 2.94. The second-order valence-corrected chi connectivity index (χ2v) is 8.16. The lowest BCUT2D eigenvalue weighted by Gasteiger charge is -2.27. The lowest BCUT2D eigenvalue weighted by Crippen LogP contribution is -2.41. The Hall–Kier alpha value is -1.88. The molecule has 1 unspecified atom stereocenters. The van der Waals surface area contributed by atoms with E-state index in [4.69, 9.17) is 4.74 Å². The molecule has 2 heterocycles. The first-order valence-corrected chi connectivity index (χ1v) is 9.20. The van der Waals surface area contributed by atoms with Gasteiger partial charge in [0.05, 0.1) is 5.52 Å². The monoisotopic (exact) mass is 343 g/mol. The molecule has 2 aromatic rings. The van der Waals surface area contributed by atoms with Gasteiger partial charge < -0.3 is 10.1 Å². The van der Waals surface area contributed by atoms with Crippen molar-refractivity contribution in [1.82, 2.24) is 15.1 Å². The fourth-order valence-electron chi connectivity index (χ4n) is 3.09. The summed E-state index contributed by atoms with van der Waals surface area (Å²) >= 11 is 0. The highest BCUT2D eigenvalue weighted by molar-refractivity contribution is 6.05. The SMILES string of the molecule is CC(NC(=O)c1nn(CC2CCOCC2)c2ccccc12)C(C)(C)C. The lowest BCUT2D eigenvalue weighted by atomic mass is 9.88. The third kappa shape index (κ3) is 4.03. The maximum absolute atomic E-state index is 12.8. The van der Waals surface area contributed by atoms with Crippen molar-refractivity contribution in [3.63, 3.8) is 0 Å². The molecule has 1 aromatic carbocycles. The number of hydrogen-bond donors (Lipinski definition) is 1. The van der Waals surface area contributed by atoms with E-state index in [1.165, 1.54) is 0 Å². The van der Waals surface area contributed by atoms with Crippen molar-refractivity contribution in [1.29, 1.82) is 0 Å². The van der Waals surface area contributed by atoms with Gasteiger partial charge in [0.15, 0.2) is 5.69 Å². The van der Waals surface area contributed by atoms with Crippen LogP contribution in [0.25, 0.3) is 10.9 Å². The minimum Gasteiger partial charge on any atom is -0.381 e. The van der Waals surface area contributed by atoms with Crippen molar-refractivity contribution in [2.45, 2.75) is 53.1 Å². The van der Waals surface area contributed by atoms with Gasteiger partial charge in [-0.15, -0.1) is 0 Å². The molecule has 0 radical (unpaired) electrons. The number of rotatable bonds is 4. The van der Waals surface area contributed by atoms with E-state index >= 15 is 0 Å². The topological polar surface area (TPSA) is 56.2 Å². The predicted molar refractivity (Wildman–Crippen MR) is 99.7 cm³/mol. The molecule has 3 rings (SSSR count). The number of benzene rings is 1. The van der Waals surface area contributed by atoms with Crippen molar-refractivity contribution in [2.75, 3.05) is 13.2 Å². The molecule has 0 aliphatic carbocycles. The van der Waals surface area contributed by atoms with Crippen LogP contribution in [0.1, 0.15) is 51.0 Å². The first-order valence-electron chi connectivity index (χ1n) is 9.20. The summed E-state index contributed by atoms with van der Waals surface area (Å²) < 4.78 is 7.45. The van der Waals surface area contributed by atoms with E-state index in [0.29, 0.717) is 11.6 Å². The fourth-order valence-corrected chi connectivity index (χ4v) is 3.09. The molecule has 1 fully saturated rings. The van der Waals surface area contributed by atoms with Gasteiger partial charge in [0, 0.05) is 31.2 Å². The Morgan fingerprint density at radius 2 is 2.00 bits per heavy atom. The van der Waals surface area contributed by atoms with Crippen LogP contribution in [0, 0.1) is 11.3 Å². The van der Waals surface area contributed by atoms with Gasteiger partial charge in [-0.3, -0.25) is 9.48 Å². The lowest BCUT2D eigenvalue weighted by molar-refractivity contribution is 0.0604. The van der Waals surface area contributed by atoms with Crippen LogP contribution in [0.15, 0.2) is 24.3 Å². The highest BCUT2D eigenvalue weighted by Crippen LogP contribution is 2.24. The molecule has 25 heavy (non-hydrogen) atoms. The zero-order chi connectivity index (χ0) is 18.0. The summed E-state index contributed by atoms with van der Waals surface area (Å²) in [6.45, 7) is 10.9. The van der Waals surface area contributed by atoms with E-state index in [1.54, 1.807) is 0 Å². The summed E-state index contributed by atoms with van der Waals surface area (Å²) in [5, 5.41) is 8.72. The normalized spacial score (nSPS) is 17.6. The highest BCUT2D eigenvalue weighted by Gasteiger charge is 2.25. The van der Waals surface area contributed by atoms with Crippen LogP contribution in [0.2, 0.25) is 0 Å². The number of carbonyl (C=O) groups excluding carboxylic acids is 1. The van der Waals surface area contributed by atoms with Crippen LogP contribution >= 0.6 is 0 Å². The summed E-state index contributed by atoms with van der Waals surface area (Å²) in [7, 11) is 0. The Morgan fingerprint density at radius 3 is 2.68 bits per heavy atom. The second kappa shape index (κ2) is 7.16. The molecule has 0 bridgehead atoms. The summed E-state index contributed by atoms with van der Waals surface area (Å²) in [5.41, 5.74) is 1.57. The van der Waals surface area contributed by atoms with Crippen LogP contribution in [0.5, 0.6) is 0 Å². The first kappa shape index (κ1) is 17.9. The highest BCUT2D eigenvalue weighted by atomic mass is 16.5. The maximum Gasteiger partial charge on any atom is 0.272 e. The molecule has 0 saturated carbocycles. The minimum absolute atomic E-state index is 0.0100. The van der Waals surface area contributed by atoms with Gasteiger partial charge in [0.2, 0.25) is 0 Å². The summed E-state index contributed by atoms with van der Waals surface area (Å²) in [4.78, 5) is 12.8. The Bertz CT molecular complexity index is 739. The van der Waals surface area contributed by atoms with E-state index in [0.717, 1.165) is 43.5 Å². The molecule has 1 aliphatic rings. The van der Waals surface area contributed by atoms with E-state index in [1.807, 2.05) is 35.9 Å². The van der Waals surface area contributed by atoms with E-state index in [9.17, 15) is 4.79 Å². The fraction of sp³-hybridized carbons (Fsp3) is 0.600. The minimum atomic E-state index is -0.0932. The molecule has 1 aliphatic heterocycles. The molecule has 136 valence electrons. The molecule has 1 atom stereocenters. The molecule has 1 saturated heterocycles. The summed E-state index contributed by atoms with van der Waals surface area (Å²) in [6, 6.07) is 8.07. The van der Waals surface area contributed by atoms with E-state index in [2.05, 4.69) is 31.2 Å². The van der Waals surface area contributed by atoms with Gasteiger partial charge in [-0.1, -0.05) is 39.0 Å². The number of para-hydroxylation sites is 1.